The quantitative estimate of drug-likeness (QED) is 0.300. The smallest absolute Gasteiger partial charge is 0.324 e. The summed E-state index contributed by atoms with van der Waals surface area (Å²) in [5.41, 5.74) is 6.38. The summed E-state index contributed by atoms with van der Waals surface area (Å²) in [5.74, 6) is -0.972. The number of para-hydroxylation sites is 1. The highest BCUT2D eigenvalue weighted by atomic mass is 16.2. The Hall–Kier alpha value is -4.72. The fourth-order valence-corrected chi connectivity index (χ4v) is 4.69. The van der Waals surface area contributed by atoms with Crippen LogP contribution in [0.1, 0.15) is 29.4 Å². The number of rotatable bonds is 6. The first-order valence-electron chi connectivity index (χ1n) is 12.1. The van der Waals surface area contributed by atoms with E-state index in [2.05, 4.69) is 26.3 Å². The second kappa shape index (κ2) is 9.73. The third-order valence-electron chi connectivity index (χ3n) is 6.55. The lowest BCUT2D eigenvalue weighted by Gasteiger charge is -2.13. The summed E-state index contributed by atoms with van der Waals surface area (Å²) < 4.78 is 2.09. The van der Waals surface area contributed by atoms with E-state index in [1.807, 2.05) is 69.3 Å². The molecule has 2 N–H and O–H groups in total. The second-order valence-corrected chi connectivity index (χ2v) is 8.98. The maximum atomic E-state index is 13.0. The standard InChI is InChI=1S/C29H27N5O3/c1-4-20-8-5-6-10-25(20)31-27(35)17-33-28(36)26(32-29(33)37)16-22-14-18(2)34(19(22)3)23-11-12-24-21(15-23)9-7-13-30-24/h5-16H,4,17H2,1-3H3,(H,31,35)(H,32,37)/b26-16+. The van der Waals surface area contributed by atoms with Gasteiger partial charge in [-0.05, 0) is 73.9 Å². The van der Waals surface area contributed by atoms with Gasteiger partial charge < -0.3 is 15.2 Å². The van der Waals surface area contributed by atoms with E-state index in [4.69, 9.17) is 0 Å². The van der Waals surface area contributed by atoms with Gasteiger partial charge in [0.1, 0.15) is 12.2 Å². The minimum atomic E-state index is -0.619. The number of nitrogens with zero attached hydrogens (tertiary/aromatic N) is 3. The Bertz CT molecular complexity index is 1580. The zero-order valence-corrected chi connectivity index (χ0v) is 20.9. The maximum Gasteiger partial charge on any atom is 0.329 e. The highest BCUT2D eigenvalue weighted by Crippen LogP contribution is 2.26. The number of hydrogen-bond acceptors (Lipinski definition) is 4. The van der Waals surface area contributed by atoms with Gasteiger partial charge in [-0.25, -0.2) is 9.69 Å². The number of pyridine rings is 1. The number of aromatic nitrogens is 2. The van der Waals surface area contributed by atoms with E-state index in [1.165, 1.54) is 0 Å². The third kappa shape index (κ3) is 4.61. The molecule has 0 aliphatic carbocycles. The number of carbonyl (C=O) groups is 3. The van der Waals surface area contributed by atoms with Crippen LogP contribution in [0.5, 0.6) is 0 Å². The number of aryl methyl sites for hydroxylation is 2. The Morgan fingerprint density at radius 3 is 2.68 bits per heavy atom. The Morgan fingerprint density at radius 1 is 1.05 bits per heavy atom. The van der Waals surface area contributed by atoms with Crippen molar-refractivity contribution in [1.82, 2.24) is 19.8 Å². The number of hydrogen-bond donors (Lipinski definition) is 2. The average molecular weight is 494 g/mol. The fourth-order valence-electron chi connectivity index (χ4n) is 4.69. The molecule has 37 heavy (non-hydrogen) atoms. The van der Waals surface area contributed by atoms with Crippen LogP contribution in [0.3, 0.4) is 0 Å². The minimum absolute atomic E-state index is 0.134. The highest BCUT2D eigenvalue weighted by molar-refractivity contribution is 6.16. The number of urea groups is 1. The number of fused-ring (bicyclic) bond motifs is 1. The van der Waals surface area contributed by atoms with Crippen molar-refractivity contribution in [1.29, 1.82) is 0 Å². The molecule has 1 saturated heterocycles. The van der Waals surface area contributed by atoms with Crippen molar-refractivity contribution in [3.63, 3.8) is 0 Å². The fraction of sp³-hybridized carbons (Fsp3) is 0.172. The van der Waals surface area contributed by atoms with Crippen LogP contribution in [0, 0.1) is 13.8 Å². The van der Waals surface area contributed by atoms with Crippen LogP contribution in [0.25, 0.3) is 22.7 Å². The molecule has 8 nitrogen and oxygen atoms in total. The molecular formula is C29H27N5O3. The Labute approximate surface area is 214 Å². The van der Waals surface area contributed by atoms with Crippen molar-refractivity contribution in [3.05, 3.63) is 95.1 Å². The summed E-state index contributed by atoms with van der Waals surface area (Å²) >= 11 is 0. The summed E-state index contributed by atoms with van der Waals surface area (Å²) in [4.78, 5) is 43.5. The van der Waals surface area contributed by atoms with E-state index in [0.717, 1.165) is 50.4 Å². The summed E-state index contributed by atoms with van der Waals surface area (Å²) in [6.45, 7) is 5.57. The molecule has 2 aromatic carbocycles. The van der Waals surface area contributed by atoms with E-state index in [9.17, 15) is 14.4 Å². The number of nitrogens with one attached hydrogen (secondary N) is 2. The van der Waals surface area contributed by atoms with Gasteiger partial charge in [0.05, 0.1) is 5.52 Å². The van der Waals surface area contributed by atoms with Crippen molar-refractivity contribution in [2.45, 2.75) is 27.2 Å². The SMILES string of the molecule is CCc1ccccc1NC(=O)CN1C(=O)N/C(=C/c2cc(C)n(-c3ccc4ncccc4c3)c2C)C1=O. The first-order valence-corrected chi connectivity index (χ1v) is 12.1. The lowest BCUT2D eigenvalue weighted by Crippen LogP contribution is -2.38. The van der Waals surface area contributed by atoms with Gasteiger partial charge in [0.2, 0.25) is 5.91 Å². The number of carbonyl (C=O) groups excluding carboxylic acids is 3. The number of anilines is 1. The second-order valence-electron chi connectivity index (χ2n) is 8.98. The molecule has 1 aliphatic rings. The van der Waals surface area contributed by atoms with E-state index in [-0.39, 0.29) is 12.2 Å². The van der Waals surface area contributed by atoms with E-state index in [1.54, 1.807) is 18.3 Å². The molecule has 0 spiro atoms. The van der Waals surface area contributed by atoms with E-state index >= 15 is 0 Å². The monoisotopic (exact) mass is 493 g/mol. The molecule has 8 heteroatoms. The molecule has 5 rings (SSSR count). The van der Waals surface area contributed by atoms with Crippen LogP contribution in [0.4, 0.5) is 10.5 Å². The zero-order valence-electron chi connectivity index (χ0n) is 20.9. The largest absolute Gasteiger partial charge is 0.329 e. The molecule has 186 valence electrons. The van der Waals surface area contributed by atoms with Gasteiger partial charge in [-0.3, -0.25) is 14.6 Å². The molecule has 2 aromatic heterocycles. The van der Waals surface area contributed by atoms with Crippen molar-refractivity contribution < 1.29 is 14.4 Å². The van der Waals surface area contributed by atoms with Gasteiger partial charge in [-0.15, -0.1) is 0 Å². The Morgan fingerprint density at radius 2 is 1.86 bits per heavy atom. The normalized spacial score (nSPS) is 14.5. The van der Waals surface area contributed by atoms with Crippen LogP contribution in [-0.2, 0) is 16.0 Å². The zero-order chi connectivity index (χ0) is 26.1. The maximum absolute atomic E-state index is 13.0. The van der Waals surface area contributed by atoms with Crippen LogP contribution in [0.15, 0.2) is 72.6 Å². The number of amides is 4. The minimum Gasteiger partial charge on any atom is -0.324 e. The summed E-state index contributed by atoms with van der Waals surface area (Å²) in [6.07, 6.45) is 4.18. The average Bonchev–Trinajstić information content (AvgIpc) is 3.32. The number of imide groups is 1. The van der Waals surface area contributed by atoms with Gasteiger partial charge in [-0.2, -0.15) is 0 Å². The van der Waals surface area contributed by atoms with Crippen molar-refractivity contribution >= 4 is 40.5 Å². The van der Waals surface area contributed by atoms with Gasteiger partial charge in [0.25, 0.3) is 5.91 Å². The van der Waals surface area contributed by atoms with Gasteiger partial charge in [0.15, 0.2) is 0 Å². The molecular weight excluding hydrogens is 466 g/mol. The topological polar surface area (TPSA) is 96.3 Å². The molecule has 4 amide bonds. The summed E-state index contributed by atoms with van der Waals surface area (Å²) in [7, 11) is 0. The lowest BCUT2D eigenvalue weighted by molar-refractivity contribution is -0.127. The highest BCUT2D eigenvalue weighted by Gasteiger charge is 2.35. The molecule has 1 fully saturated rings. The van der Waals surface area contributed by atoms with Gasteiger partial charge in [0, 0.05) is 34.3 Å². The first kappa shape index (κ1) is 24.0. The van der Waals surface area contributed by atoms with E-state index in [0.29, 0.717) is 5.69 Å². The molecule has 0 radical (unpaired) electrons. The molecule has 3 heterocycles. The Kier molecular flexibility index (Phi) is 6.31. The molecule has 0 atom stereocenters. The molecule has 0 unspecified atom stereocenters. The summed E-state index contributed by atoms with van der Waals surface area (Å²) in [6, 6.07) is 18.8. The third-order valence-corrected chi connectivity index (χ3v) is 6.55. The first-order chi connectivity index (χ1) is 17.9. The van der Waals surface area contributed by atoms with Crippen molar-refractivity contribution in [3.8, 4) is 5.69 Å². The van der Waals surface area contributed by atoms with Crippen LogP contribution in [-0.4, -0.2) is 38.8 Å². The Balaban J connectivity index is 1.37. The van der Waals surface area contributed by atoms with Gasteiger partial charge in [-0.1, -0.05) is 31.2 Å². The molecule has 4 aromatic rings. The van der Waals surface area contributed by atoms with Crippen LogP contribution < -0.4 is 10.6 Å². The van der Waals surface area contributed by atoms with Gasteiger partial charge >= 0.3 is 6.03 Å². The van der Waals surface area contributed by atoms with Crippen molar-refractivity contribution in [2.24, 2.45) is 0 Å². The lowest BCUT2D eigenvalue weighted by atomic mass is 10.1. The molecule has 0 saturated carbocycles. The van der Waals surface area contributed by atoms with Crippen molar-refractivity contribution in [2.75, 3.05) is 11.9 Å². The predicted octanol–water partition coefficient (Wildman–Crippen LogP) is 4.74. The molecule has 0 bridgehead atoms. The number of benzene rings is 2. The van der Waals surface area contributed by atoms with Crippen LogP contribution >= 0.6 is 0 Å². The predicted molar refractivity (Wildman–Crippen MR) is 143 cm³/mol. The van der Waals surface area contributed by atoms with Crippen LogP contribution in [0.2, 0.25) is 0 Å². The molecule has 1 aliphatic heterocycles. The summed E-state index contributed by atoms with van der Waals surface area (Å²) in [5, 5.41) is 6.45. The van der Waals surface area contributed by atoms with E-state index < -0.39 is 17.8 Å².